The quantitative estimate of drug-likeness (QED) is 0.666. The Morgan fingerprint density at radius 1 is 1.31 bits per heavy atom. The minimum Gasteiger partial charge on any atom is -0.390 e. The first kappa shape index (κ1) is 19.6. The van der Waals surface area contributed by atoms with Crippen molar-refractivity contribution in [3.8, 4) is 17.5 Å². The Morgan fingerprint density at radius 2 is 2.12 bits per heavy atom. The molecule has 2 heterocycles. The molecule has 0 aromatic carbocycles. The van der Waals surface area contributed by atoms with E-state index in [4.69, 9.17) is 9.78 Å². The Morgan fingerprint density at radius 3 is 2.88 bits per heavy atom. The number of rotatable bonds is 6. The highest BCUT2D eigenvalue weighted by Crippen LogP contribution is 2.56. The molecule has 2 aromatic rings. The van der Waals surface area contributed by atoms with Crippen molar-refractivity contribution in [2.75, 3.05) is 5.32 Å². The molecule has 4 bridgehead atoms. The van der Waals surface area contributed by atoms with E-state index in [0.717, 1.165) is 55.5 Å². The topological polar surface area (TPSA) is 125 Å². The maximum absolute atomic E-state index is 12.2. The molecule has 2 aromatic heterocycles. The summed E-state index contributed by atoms with van der Waals surface area (Å²) in [5.41, 5.74) is 3.17. The van der Waals surface area contributed by atoms with Crippen molar-refractivity contribution in [2.45, 2.75) is 63.0 Å². The Hall–Kier alpha value is -3.05. The van der Waals surface area contributed by atoms with Crippen LogP contribution in [0.3, 0.4) is 0 Å². The first-order valence-corrected chi connectivity index (χ1v) is 11.4. The number of nitriles is 1. The summed E-state index contributed by atoms with van der Waals surface area (Å²) in [5.74, 6) is 1.47. The van der Waals surface area contributed by atoms with Crippen molar-refractivity contribution >= 4 is 17.5 Å². The molecule has 4 saturated carbocycles. The van der Waals surface area contributed by atoms with Gasteiger partial charge in [-0.1, -0.05) is 17.3 Å². The zero-order valence-electron chi connectivity index (χ0n) is 17.8. The number of carbonyl (C=O) groups is 1. The summed E-state index contributed by atoms with van der Waals surface area (Å²) >= 11 is 0. The molecule has 2 N–H and O–H groups in total. The summed E-state index contributed by atoms with van der Waals surface area (Å²) in [6, 6.07) is 2.25. The van der Waals surface area contributed by atoms with Crippen LogP contribution in [0.4, 0.5) is 5.69 Å². The van der Waals surface area contributed by atoms with Gasteiger partial charge in [0.25, 0.3) is 5.89 Å². The molecule has 164 valence electrons. The minimum atomic E-state index is -0.483. The van der Waals surface area contributed by atoms with Crippen LogP contribution >= 0.6 is 0 Å². The van der Waals surface area contributed by atoms with Crippen LogP contribution in [0.25, 0.3) is 17.5 Å². The lowest BCUT2D eigenvalue weighted by molar-refractivity contribution is -0.129. The molecule has 5 atom stereocenters. The van der Waals surface area contributed by atoms with Gasteiger partial charge in [-0.25, -0.2) is 0 Å². The van der Waals surface area contributed by atoms with E-state index in [1.807, 2.05) is 6.07 Å². The lowest BCUT2D eigenvalue weighted by Crippen LogP contribution is -2.59. The number of fused-ring (bicyclic) bond motifs is 1. The van der Waals surface area contributed by atoms with E-state index in [9.17, 15) is 9.90 Å². The predicted octanol–water partition coefficient (Wildman–Crippen LogP) is 3.54. The largest absolute Gasteiger partial charge is 0.390 e. The molecule has 7 rings (SSSR count). The fraction of sp³-hybridized carbons (Fsp3) is 0.542. The van der Waals surface area contributed by atoms with E-state index in [-0.39, 0.29) is 36.4 Å². The number of nitrogens with one attached hydrogen (secondary N) is 1. The Kier molecular flexibility index (Phi) is 4.44. The zero-order valence-corrected chi connectivity index (χ0v) is 17.8. The summed E-state index contributed by atoms with van der Waals surface area (Å²) in [4.78, 5) is 21.2. The molecule has 8 nitrogen and oxygen atoms in total. The van der Waals surface area contributed by atoms with Crippen LogP contribution < -0.4 is 5.32 Å². The predicted molar refractivity (Wildman–Crippen MR) is 115 cm³/mol. The number of carbonyl (C=O) groups excluding carboxylic acids is 1. The summed E-state index contributed by atoms with van der Waals surface area (Å²) in [7, 11) is 0. The van der Waals surface area contributed by atoms with Gasteiger partial charge in [0.05, 0.1) is 28.6 Å². The van der Waals surface area contributed by atoms with E-state index < -0.39 is 5.60 Å². The van der Waals surface area contributed by atoms with Crippen LogP contribution in [0.2, 0.25) is 0 Å². The van der Waals surface area contributed by atoms with E-state index in [2.05, 4.69) is 32.6 Å². The molecular weight excluding hydrogens is 406 g/mol. The van der Waals surface area contributed by atoms with Crippen molar-refractivity contribution in [3.05, 3.63) is 29.4 Å². The zero-order chi connectivity index (χ0) is 21.9. The van der Waals surface area contributed by atoms with Crippen molar-refractivity contribution in [1.29, 1.82) is 5.26 Å². The highest BCUT2D eigenvalue weighted by atomic mass is 16.5. The molecule has 0 radical (unpaired) electrons. The third kappa shape index (κ3) is 3.15. The maximum Gasteiger partial charge on any atom is 0.262 e. The summed E-state index contributed by atoms with van der Waals surface area (Å²) in [5, 5.41) is 27.4. The van der Waals surface area contributed by atoms with Gasteiger partial charge in [0.15, 0.2) is 0 Å². The number of hydrogen-bond donors (Lipinski definition) is 2. The number of allylic oxidation sites excluding steroid dienone is 1. The highest BCUT2D eigenvalue weighted by molar-refractivity contribution is 5.93. The van der Waals surface area contributed by atoms with Gasteiger partial charge in [-0.2, -0.15) is 10.2 Å². The Balaban J connectivity index is 1.34. The summed E-state index contributed by atoms with van der Waals surface area (Å²) < 4.78 is 5.47. The molecule has 3 unspecified atom stereocenters. The van der Waals surface area contributed by atoms with E-state index in [0.29, 0.717) is 23.3 Å². The van der Waals surface area contributed by atoms with Gasteiger partial charge in [-0.15, -0.1) is 0 Å². The number of aliphatic hydroxyl groups is 1. The van der Waals surface area contributed by atoms with Crippen molar-refractivity contribution < 1.29 is 14.4 Å². The molecule has 0 aliphatic heterocycles. The van der Waals surface area contributed by atoms with Crippen LogP contribution in [0.15, 0.2) is 16.8 Å². The Labute approximate surface area is 185 Å². The lowest BCUT2D eigenvalue weighted by atomic mass is 9.52. The molecule has 4 fully saturated rings. The molecule has 5 aliphatic carbocycles. The minimum absolute atomic E-state index is 0.00548. The number of anilines is 1. The van der Waals surface area contributed by atoms with Gasteiger partial charge >= 0.3 is 0 Å². The number of nitrogens with zero attached hydrogens (tertiary/aromatic N) is 4. The second-order valence-corrected chi connectivity index (χ2v) is 9.88. The molecule has 0 amide bonds. The third-order valence-electron chi connectivity index (χ3n) is 7.72. The molecule has 5 aliphatic rings. The number of ketones is 1. The fourth-order valence-electron chi connectivity index (χ4n) is 6.63. The van der Waals surface area contributed by atoms with Crippen molar-refractivity contribution in [2.24, 2.45) is 17.8 Å². The van der Waals surface area contributed by atoms with Crippen LogP contribution in [0.1, 0.15) is 66.8 Å². The van der Waals surface area contributed by atoms with Crippen molar-refractivity contribution in [3.63, 3.8) is 0 Å². The van der Waals surface area contributed by atoms with Gasteiger partial charge in [0.2, 0.25) is 11.6 Å². The number of hydrogen-bond acceptors (Lipinski definition) is 8. The second-order valence-electron chi connectivity index (χ2n) is 9.88. The number of pyridine rings is 1. The van der Waals surface area contributed by atoms with E-state index in [1.165, 1.54) is 0 Å². The molecule has 0 spiro atoms. The monoisotopic (exact) mass is 431 g/mol. The molecule has 0 saturated heterocycles. The second kappa shape index (κ2) is 7.24. The van der Waals surface area contributed by atoms with Gasteiger partial charge < -0.3 is 14.9 Å². The highest BCUT2D eigenvalue weighted by Gasteiger charge is 2.54. The normalized spacial score (nSPS) is 31.5. The van der Waals surface area contributed by atoms with E-state index in [1.54, 1.807) is 6.20 Å². The lowest BCUT2D eigenvalue weighted by Gasteiger charge is -2.58. The number of aromatic nitrogens is 3. The average Bonchev–Trinajstić information content (AvgIpc) is 3.43. The number of Topliss-reactive ketones (excluding diaryl/α,β-unsaturated/α-hetero) is 1. The summed E-state index contributed by atoms with van der Waals surface area (Å²) in [6.45, 7) is 0. The van der Waals surface area contributed by atoms with Gasteiger partial charge in [0.1, 0.15) is 0 Å². The molecular formula is C24H25N5O3. The smallest absolute Gasteiger partial charge is 0.262 e. The molecule has 8 heteroatoms. The van der Waals surface area contributed by atoms with E-state index >= 15 is 0 Å². The standard InChI is InChI=1S/C24H25N5O3/c25-6-2-5-19(30)22-28-23(32-29-22)17-12-26-18-4-1-3-16(18)21(17)27-20-14-7-13-8-15(20)11-24(31,9-13)10-14/h1,3,12-15,20,31H,2,4-5,7-11H2,(H,26,27)/t13?,14-,15+,20?,24?. The van der Waals surface area contributed by atoms with Gasteiger partial charge in [0, 0.05) is 37.1 Å². The Bertz CT molecular complexity index is 1150. The average molecular weight is 431 g/mol. The van der Waals surface area contributed by atoms with Gasteiger partial charge in [-0.3, -0.25) is 9.78 Å². The maximum atomic E-state index is 12.2. The third-order valence-corrected chi connectivity index (χ3v) is 7.72. The first-order valence-electron chi connectivity index (χ1n) is 11.4. The first-order chi connectivity index (χ1) is 15.5. The van der Waals surface area contributed by atoms with Crippen LogP contribution in [-0.4, -0.2) is 37.7 Å². The van der Waals surface area contributed by atoms with Gasteiger partial charge in [-0.05, 0) is 49.9 Å². The summed E-state index contributed by atoms with van der Waals surface area (Å²) in [6.07, 6.45) is 11.9. The van der Waals surface area contributed by atoms with Crippen molar-refractivity contribution in [1.82, 2.24) is 15.1 Å². The van der Waals surface area contributed by atoms with Crippen LogP contribution in [0.5, 0.6) is 0 Å². The van der Waals surface area contributed by atoms with Crippen LogP contribution in [-0.2, 0) is 6.42 Å². The fourth-order valence-corrected chi connectivity index (χ4v) is 6.63. The molecule has 32 heavy (non-hydrogen) atoms. The van der Waals surface area contributed by atoms with Crippen LogP contribution in [0, 0.1) is 29.1 Å². The SMILES string of the molecule is N#CCCC(=O)c1noc(-c2cnc3c(c2NC2[C@@H]4CC5C[C@H]2CC(O)(C5)C4)C=CC3)n1.